The molecule has 2 aromatic heterocycles. The SMILES string of the molecule is CC(Cl)c1nc2ccc(C#N)cc2n1Cc1ccnn1C. The molecule has 0 saturated carbocycles. The summed E-state index contributed by atoms with van der Waals surface area (Å²) in [6.07, 6.45) is 1.76. The van der Waals surface area contributed by atoms with Crippen LogP contribution in [0.1, 0.15) is 29.4 Å². The highest BCUT2D eigenvalue weighted by atomic mass is 35.5. The summed E-state index contributed by atoms with van der Waals surface area (Å²) in [6, 6.07) is 9.60. The van der Waals surface area contributed by atoms with Crippen molar-refractivity contribution >= 4 is 22.6 Å². The molecule has 0 aliphatic rings. The zero-order chi connectivity index (χ0) is 15.0. The summed E-state index contributed by atoms with van der Waals surface area (Å²) >= 11 is 6.26. The van der Waals surface area contributed by atoms with E-state index in [1.165, 1.54) is 0 Å². The Morgan fingerprint density at radius 3 is 2.81 bits per heavy atom. The second kappa shape index (κ2) is 5.23. The lowest BCUT2D eigenvalue weighted by molar-refractivity contribution is 0.654. The molecule has 0 fully saturated rings. The predicted molar refractivity (Wildman–Crippen MR) is 81.0 cm³/mol. The van der Waals surface area contributed by atoms with Gasteiger partial charge in [-0.2, -0.15) is 10.4 Å². The van der Waals surface area contributed by atoms with Crippen molar-refractivity contribution in [3.8, 4) is 6.07 Å². The summed E-state index contributed by atoms with van der Waals surface area (Å²) in [7, 11) is 1.90. The maximum absolute atomic E-state index is 9.08. The molecular formula is C15H14ClN5. The number of halogens is 1. The van der Waals surface area contributed by atoms with Crippen molar-refractivity contribution in [1.29, 1.82) is 5.26 Å². The molecule has 0 amide bonds. The average Bonchev–Trinajstić information content (AvgIpc) is 3.03. The smallest absolute Gasteiger partial charge is 0.128 e. The van der Waals surface area contributed by atoms with Gasteiger partial charge in [-0.05, 0) is 31.2 Å². The molecule has 3 rings (SSSR count). The molecule has 106 valence electrons. The van der Waals surface area contributed by atoms with Gasteiger partial charge in [0.1, 0.15) is 5.82 Å². The topological polar surface area (TPSA) is 59.4 Å². The van der Waals surface area contributed by atoms with Crippen LogP contribution in [0.4, 0.5) is 0 Å². The fraction of sp³-hybridized carbons (Fsp3) is 0.267. The van der Waals surface area contributed by atoms with Crippen molar-refractivity contribution in [3.63, 3.8) is 0 Å². The zero-order valence-electron chi connectivity index (χ0n) is 11.8. The molecule has 1 aromatic carbocycles. The van der Waals surface area contributed by atoms with E-state index in [0.29, 0.717) is 12.1 Å². The van der Waals surface area contributed by atoms with Gasteiger partial charge in [0, 0.05) is 13.2 Å². The number of aromatic nitrogens is 4. The van der Waals surface area contributed by atoms with Gasteiger partial charge in [0.2, 0.25) is 0 Å². The molecule has 0 saturated heterocycles. The predicted octanol–water partition coefficient (Wildman–Crippen LogP) is 2.99. The monoisotopic (exact) mass is 299 g/mol. The van der Waals surface area contributed by atoms with Crippen LogP contribution in [-0.4, -0.2) is 19.3 Å². The van der Waals surface area contributed by atoms with Crippen LogP contribution in [0.2, 0.25) is 0 Å². The normalized spacial score (nSPS) is 12.5. The fourth-order valence-corrected chi connectivity index (χ4v) is 2.57. The highest BCUT2D eigenvalue weighted by Crippen LogP contribution is 2.26. The number of hydrogen-bond donors (Lipinski definition) is 0. The second-order valence-corrected chi connectivity index (χ2v) is 5.59. The highest BCUT2D eigenvalue weighted by Gasteiger charge is 2.16. The molecule has 0 radical (unpaired) electrons. The Labute approximate surface area is 127 Å². The number of nitrogens with zero attached hydrogens (tertiary/aromatic N) is 5. The van der Waals surface area contributed by atoms with Crippen molar-refractivity contribution in [3.05, 3.63) is 47.5 Å². The molecule has 0 N–H and O–H groups in total. The van der Waals surface area contributed by atoms with Gasteiger partial charge < -0.3 is 4.57 Å². The number of nitriles is 1. The Balaban J connectivity index is 2.19. The number of hydrogen-bond acceptors (Lipinski definition) is 3. The molecule has 21 heavy (non-hydrogen) atoms. The molecule has 1 unspecified atom stereocenters. The second-order valence-electron chi connectivity index (χ2n) is 4.93. The van der Waals surface area contributed by atoms with Crippen LogP contribution in [0.25, 0.3) is 11.0 Å². The van der Waals surface area contributed by atoms with Crippen LogP contribution in [0.5, 0.6) is 0 Å². The third-order valence-corrected chi connectivity index (χ3v) is 3.70. The molecule has 5 nitrogen and oxygen atoms in total. The van der Waals surface area contributed by atoms with E-state index >= 15 is 0 Å². The van der Waals surface area contributed by atoms with Gasteiger partial charge >= 0.3 is 0 Å². The van der Waals surface area contributed by atoms with E-state index in [-0.39, 0.29) is 5.38 Å². The number of fused-ring (bicyclic) bond motifs is 1. The number of alkyl halides is 1. The highest BCUT2D eigenvalue weighted by molar-refractivity contribution is 6.20. The number of aryl methyl sites for hydroxylation is 1. The van der Waals surface area contributed by atoms with Crippen LogP contribution in [0.15, 0.2) is 30.5 Å². The van der Waals surface area contributed by atoms with Crippen molar-refractivity contribution in [2.45, 2.75) is 18.8 Å². The lowest BCUT2D eigenvalue weighted by Crippen LogP contribution is -2.09. The number of imidazole rings is 1. The molecular weight excluding hydrogens is 286 g/mol. The van der Waals surface area contributed by atoms with Gasteiger partial charge in [-0.15, -0.1) is 11.6 Å². The Kier molecular flexibility index (Phi) is 3.40. The Hall–Kier alpha value is -2.32. The molecule has 2 heterocycles. The van der Waals surface area contributed by atoms with Gasteiger partial charge in [0.05, 0.1) is 40.3 Å². The summed E-state index contributed by atoms with van der Waals surface area (Å²) in [5.74, 6) is 0.794. The minimum Gasteiger partial charge on any atom is -0.321 e. The zero-order valence-corrected chi connectivity index (χ0v) is 12.5. The van der Waals surface area contributed by atoms with Crippen LogP contribution in [-0.2, 0) is 13.6 Å². The van der Waals surface area contributed by atoms with Crippen LogP contribution in [0.3, 0.4) is 0 Å². The summed E-state index contributed by atoms with van der Waals surface area (Å²) in [4.78, 5) is 4.59. The first-order valence-electron chi connectivity index (χ1n) is 6.61. The third kappa shape index (κ3) is 2.39. The molecule has 0 bridgehead atoms. The van der Waals surface area contributed by atoms with Gasteiger partial charge in [0.15, 0.2) is 0 Å². The minimum absolute atomic E-state index is 0.212. The molecule has 3 aromatic rings. The summed E-state index contributed by atoms with van der Waals surface area (Å²) < 4.78 is 3.87. The first-order valence-corrected chi connectivity index (χ1v) is 7.05. The summed E-state index contributed by atoms with van der Waals surface area (Å²) in [5.41, 5.74) is 3.43. The van der Waals surface area contributed by atoms with Crippen molar-refractivity contribution in [2.24, 2.45) is 7.05 Å². The number of rotatable bonds is 3. The maximum atomic E-state index is 9.08. The standard InChI is InChI=1S/C15H14ClN5/c1-10(16)15-19-13-4-3-11(8-17)7-14(13)21(15)9-12-5-6-18-20(12)2/h3-7,10H,9H2,1-2H3. The van der Waals surface area contributed by atoms with E-state index in [2.05, 4.69) is 16.2 Å². The Morgan fingerprint density at radius 1 is 1.38 bits per heavy atom. The van der Waals surface area contributed by atoms with E-state index < -0.39 is 0 Å². The number of benzene rings is 1. The average molecular weight is 300 g/mol. The van der Waals surface area contributed by atoms with Gasteiger partial charge in [-0.25, -0.2) is 4.98 Å². The van der Waals surface area contributed by atoms with Crippen molar-refractivity contribution < 1.29 is 0 Å². The summed E-state index contributed by atoms with van der Waals surface area (Å²) in [5, 5.41) is 13.1. The van der Waals surface area contributed by atoms with Crippen LogP contribution in [0, 0.1) is 11.3 Å². The minimum atomic E-state index is -0.212. The van der Waals surface area contributed by atoms with E-state index in [1.807, 2.05) is 41.4 Å². The van der Waals surface area contributed by atoms with Crippen molar-refractivity contribution in [1.82, 2.24) is 19.3 Å². The Bertz CT molecular complexity index is 837. The summed E-state index contributed by atoms with van der Waals surface area (Å²) in [6.45, 7) is 2.52. The van der Waals surface area contributed by atoms with Crippen LogP contribution < -0.4 is 0 Å². The quantitative estimate of drug-likeness (QED) is 0.699. The van der Waals surface area contributed by atoms with Crippen LogP contribution >= 0.6 is 11.6 Å². The van der Waals surface area contributed by atoms with E-state index in [9.17, 15) is 0 Å². The lowest BCUT2D eigenvalue weighted by Gasteiger charge is -2.10. The molecule has 0 spiro atoms. The van der Waals surface area contributed by atoms with E-state index in [1.54, 1.807) is 12.3 Å². The van der Waals surface area contributed by atoms with Gasteiger partial charge in [-0.1, -0.05) is 0 Å². The third-order valence-electron chi connectivity index (χ3n) is 3.51. The molecule has 1 atom stereocenters. The molecule has 0 aliphatic heterocycles. The van der Waals surface area contributed by atoms with Crippen molar-refractivity contribution in [2.75, 3.05) is 0 Å². The largest absolute Gasteiger partial charge is 0.321 e. The van der Waals surface area contributed by atoms with Gasteiger partial charge in [0.25, 0.3) is 0 Å². The fourth-order valence-electron chi connectivity index (χ4n) is 2.40. The molecule has 0 aliphatic carbocycles. The van der Waals surface area contributed by atoms with Gasteiger partial charge in [-0.3, -0.25) is 4.68 Å². The first-order chi connectivity index (χ1) is 10.1. The van der Waals surface area contributed by atoms with E-state index in [4.69, 9.17) is 16.9 Å². The Morgan fingerprint density at radius 2 is 2.19 bits per heavy atom. The maximum Gasteiger partial charge on any atom is 0.128 e. The molecule has 6 heteroatoms. The van der Waals surface area contributed by atoms with E-state index in [0.717, 1.165) is 22.6 Å². The first kappa shape index (κ1) is 13.7. The lowest BCUT2D eigenvalue weighted by atomic mass is 10.2.